The molecule has 1 fully saturated rings. The second-order valence-corrected chi connectivity index (χ2v) is 8.48. The van der Waals surface area contributed by atoms with Crippen molar-refractivity contribution in [2.75, 3.05) is 26.2 Å². The van der Waals surface area contributed by atoms with Crippen LogP contribution in [0.2, 0.25) is 0 Å². The second kappa shape index (κ2) is 6.90. The van der Waals surface area contributed by atoms with Gasteiger partial charge in [-0.3, -0.25) is 19.6 Å². The van der Waals surface area contributed by atoms with Gasteiger partial charge in [0.2, 0.25) is 5.91 Å². The summed E-state index contributed by atoms with van der Waals surface area (Å²) in [6.07, 6.45) is 2.27. The van der Waals surface area contributed by atoms with Gasteiger partial charge in [0.1, 0.15) is 23.1 Å². The zero-order valence-corrected chi connectivity index (χ0v) is 14.6. The molecule has 1 amide bonds. The highest BCUT2D eigenvalue weighted by Crippen LogP contribution is 2.22. The fourth-order valence-corrected chi connectivity index (χ4v) is 5.05. The van der Waals surface area contributed by atoms with Gasteiger partial charge in [-0.25, -0.2) is 8.42 Å². The number of carbonyl (C=O) groups excluding carboxylic acids is 1. The molecule has 3 heterocycles. The first-order valence-electron chi connectivity index (χ1n) is 7.36. The van der Waals surface area contributed by atoms with Crippen molar-refractivity contribution in [1.82, 2.24) is 19.0 Å². The van der Waals surface area contributed by atoms with Crippen LogP contribution < -0.4 is 0 Å². The predicted octanol–water partition coefficient (Wildman–Crippen LogP) is 0.386. The van der Waals surface area contributed by atoms with E-state index in [-0.39, 0.29) is 48.5 Å². The Kier molecular flexibility index (Phi) is 4.83. The van der Waals surface area contributed by atoms with Crippen molar-refractivity contribution in [3.63, 3.8) is 0 Å². The zero-order chi connectivity index (χ0) is 18.0. The molecule has 0 aliphatic carbocycles. The molecule has 1 saturated heterocycles. The third-order valence-corrected chi connectivity index (χ3v) is 7.08. The molecular formula is C13H15N5O5S2. The quantitative estimate of drug-likeness (QED) is 0.542. The van der Waals surface area contributed by atoms with E-state index in [2.05, 4.69) is 5.10 Å². The number of piperazine rings is 1. The van der Waals surface area contributed by atoms with Crippen molar-refractivity contribution in [3.05, 3.63) is 40.0 Å². The molecule has 0 spiro atoms. The lowest BCUT2D eigenvalue weighted by Gasteiger charge is -2.33. The van der Waals surface area contributed by atoms with E-state index in [0.717, 1.165) is 17.5 Å². The van der Waals surface area contributed by atoms with Crippen LogP contribution in [0.25, 0.3) is 0 Å². The summed E-state index contributed by atoms with van der Waals surface area (Å²) >= 11 is 1.16. The smallest absolute Gasteiger partial charge is 0.307 e. The maximum Gasteiger partial charge on any atom is 0.307 e. The number of sulfonamides is 1. The summed E-state index contributed by atoms with van der Waals surface area (Å²) in [7, 11) is -3.51. The molecule has 0 unspecified atom stereocenters. The van der Waals surface area contributed by atoms with Gasteiger partial charge in [-0.2, -0.15) is 9.40 Å². The molecule has 25 heavy (non-hydrogen) atoms. The predicted molar refractivity (Wildman–Crippen MR) is 88.5 cm³/mol. The van der Waals surface area contributed by atoms with Crippen molar-refractivity contribution in [1.29, 1.82) is 0 Å². The molecule has 0 aromatic carbocycles. The van der Waals surface area contributed by atoms with E-state index in [1.807, 2.05) is 0 Å². The largest absolute Gasteiger partial charge is 0.338 e. The summed E-state index contributed by atoms with van der Waals surface area (Å²) in [5.41, 5.74) is -0.181. The van der Waals surface area contributed by atoms with Crippen molar-refractivity contribution >= 4 is 33.0 Å². The Labute approximate surface area is 147 Å². The van der Waals surface area contributed by atoms with Gasteiger partial charge < -0.3 is 4.90 Å². The number of nitrogens with zero attached hydrogens (tertiary/aromatic N) is 5. The Balaban J connectivity index is 1.58. The Morgan fingerprint density at radius 1 is 1.32 bits per heavy atom. The summed E-state index contributed by atoms with van der Waals surface area (Å²) in [6.45, 7) is 0.849. The second-order valence-electron chi connectivity index (χ2n) is 5.37. The standard InChI is InChI=1S/C13H15N5O5S2/c19-12(10-16-9-11(8-14-16)18(20)21)15-3-5-17(6-4-15)25(22,23)13-2-1-7-24-13/h1-2,7-9H,3-6,10H2. The molecule has 1 aliphatic rings. The first kappa shape index (κ1) is 17.5. The molecule has 134 valence electrons. The van der Waals surface area contributed by atoms with Gasteiger partial charge in [0.05, 0.1) is 4.92 Å². The van der Waals surface area contributed by atoms with E-state index >= 15 is 0 Å². The highest BCUT2D eigenvalue weighted by atomic mass is 32.2. The molecule has 10 nitrogen and oxygen atoms in total. The zero-order valence-electron chi connectivity index (χ0n) is 13.0. The minimum absolute atomic E-state index is 0.120. The molecule has 0 saturated carbocycles. The molecule has 12 heteroatoms. The van der Waals surface area contributed by atoms with E-state index in [1.54, 1.807) is 17.5 Å². The SMILES string of the molecule is O=C(Cn1cc([N+](=O)[O-])cn1)N1CCN(S(=O)(=O)c2cccs2)CC1. The highest BCUT2D eigenvalue weighted by molar-refractivity contribution is 7.91. The molecule has 0 atom stereocenters. The molecule has 1 aliphatic heterocycles. The Morgan fingerprint density at radius 2 is 2.04 bits per heavy atom. The van der Waals surface area contributed by atoms with Crippen LogP contribution in [0.3, 0.4) is 0 Å². The van der Waals surface area contributed by atoms with Gasteiger partial charge in [0.15, 0.2) is 0 Å². The number of amides is 1. The van der Waals surface area contributed by atoms with Crippen LogP contribution in [0.4, 0.5) is 5.69 Å². The van der Waals surface area contributed by atoms with Crippen molar-refractivity contribution < 1.29 is 18.1 Å². The highest BCUT2D eigenvalue weighted by Gasteiger charge is 2.30. The van der Waals surface area contributed by atoms with Crippen molar-refractivity contribution in [2.45, 2.75) is 10.8 Å². The van der Waals surface area contributed by atoms with E-state index in [4.69, 9.17) is 0 Å². The molecule has 2 aromatic rings. The van der Waals surface area contributed by atoms with Crippen LogP contribution >= 0.6 is 11.3 Å². The van der Waals surface area contributed by atoms with Gasteiger partial charge >= 0.3 is 5.69 Å². The summed E-state index contributed by atoms with van der Waals surface area (Å²) in [5.74, 6) is -0.258. The van der Waals surface area contributed by atoms with Crippen LogP contribution in [-0.2, 0) is 21.4 Å². The minimum Gasteiger partial charge on any atom is -0.338 e. The van der Waals surface area contributed by atoms with Gasteiger partial charge in [0.25, 0.3) is 10.0 Å². The number of hydrogen-bond donors (Lipinski definition) is 0. The monoisotopic (exact) mass is 385 g/mol. The maximum absolute atomic E-state index is 12.4. The Morgan fingerprint density at radius 3 is 2.60 bits per heavy atom. The Bertz CT molecular complexity index is 869. The summed E-state index contributed by atoms with van der Waals surface area (Å²) in [6, 6.07) is 3.24. The lowest BCUT2D eigenvalue weighted by Crippen LogP contribution is -2.51. The van der Waals surface area contributed by atoms with Crippen LogP contribution in [0, 0.1) is 10.1 Å². The van der Waals surface area contributed by atoms with Crippen LogP contribution in [-0.4, -0.2) is 64.4 Å². The van der Waals surface area contributed by atoms with E-state index in [0.29, 0.717) is 0 Å². The van der Waals surface area contributed by atoms with E-state index < -0.39 is 14.9 Å². The lowest BCUT2D eigenvalue weighted by atomic mass is 10.3. The molecule has 0 radical (unpaired) electrons. The summed E-state index contributed by atoms with van der Waals surface area (Å²) in [4.78, 5) is 23.8. The van der Waals surface area contributed by atoms with Crippen LogP contribution in [0.1, 0.15) is 0 Å². The molecule has 2 aromatic heterocycles. The topological polar surface area (TPSA) is 119 Å². The van der Waals surface area contributed by atoms with Crippen molar-refractivity contribution in [3.8, 4) is 0 Å². The fourth-order valence-electron chi connectivity index (χ4n) is 2.49. The average molecular weight is 385 g/mol. The number of carbonyl (C=O) groups is 1. The first-order chi connectivity index (χ1) is 11.9. The third-order valence-electron chi connectivity index (χ3n) is 3.81. The van der Waals surface area contributed by atoms with Crippen molar-refractivity contribution in [2.24, 2.45) is 0 Å². The average Bonchev–Trinajstić information content (AvgIpc) is 3.27. The van der Waals surface area contributed by atoms with E-state index in [9.17, 15) is 23.3 Å². The van der Waals surface area contributed by atoms with Crippen LogP contribution in [0.15, 0.2) is 34.1 Å². The van der Waals surface area contributed by atoms with E-state index in [1.165, 1.54) is 20.1 Å². The lowest BCUT2D eigenvalue weighted by molar-refractivity contribution is -0.385. The van der Waals surface area contributed by atoms with Gasteiger partial charge in [0, 0.05) is 26.2 Å². The molecule has 3 rings (SSSR count). The van der Waals surface area contributed by atoms with Gasteiger partial charge in [-0.05, 0) is 11.4 Å². The number of aromatic nitrogens is 2. The molecular weight excluding hydrogens is 370 g/mol. The molecule has 0 bridgehead atoms. The third kappa shape index (κ3) is 3.70. The number of nitro groups is 1. The number of hydrogen-bond acceptors (Lipinski definition) is 7. The number of thiophene rings is 1. The maximum atomic E-state index is 12.4. The number of rotatable bonds is 5. The summed E-state index contributed by atoms with van der Waals surface area (Å²) in [5, 5.41) is 16.1. The molecule has 0 N–H and O–H groups in total. The van der Waals surface area contributed by atoms with Gasteiger partial charge in [-0.1, -0.05) is 6.07 Å². The summed E-state index contributed by atoms with van der Waals surface area (Å²) < 4.78 is 27.7. The normalized spacial score (nSPS) is 16.1. The first-order valence-corrected chi connectivity index (χ1v) is 9.68. The Hall–Kier alpha value is -2.31. The fraction of sp³-hybridized carbons (Fsp3) is 0.385. The minimum atomic E-state index is -3.51. The van der Waals surface area contributed by atoms with Crippen LogP contribution in [0.5, 0.6) is 0 Å². The van der Waals surface area contributed by atoms with Gasteiger partial charge in [-0.15, -0.1) is 11.3 Å².